The number of hydrogen-bond acceptors (Lipinski definition) is 5. The van der Waals surface area contributed by atoms with Crippen LogP contribution in [0, 0.1) is 0 Å². The van der Waals surface area contributed by atoms with Gasteiger partial charge < -0.3 is 9.47 Å². The lowest BCUT2D eigenvalue weighted by atomic mass is 10.1. The number of carbonyl (C=O) groups is 1. The van der Waals surface area contributed by atoms with Crippen LogP contribution in [0.15, 0.2) is 65.6 Å². The molecule has 28 heavy (non-hydrogen) atoms. The molecule has 2 aromatic carbocycles. The number of hydrogen-bond donors (Lipinski definition) is 0. The molecule has 1 fully saturated rings. The molecule has 0 unspecified atom stereocenters. The second-order valence-electron chi connectivity index (χ2n) is 6.41. The maximum Gasteiger partial charge on any atom is 0.331 e. The summed E-state index contributed by atoms with van der Waals surface area (Å²) in [4.78, 5) is 12.2. The molecule has 1 saturated heterocycles. The van der Waals surface area contributed by atoms with Crippen molar-refractivity contribution in [3.8, 4) is 0 Å². The highest BCUT2D eigenvalue weighted by Gasteiger charge is 2.25. The summed E-state index contributed by atoms with van der Waals surface area (Å²) in [6.45, 7) is 3.34. The lowest BCUT2D eigenvalue weighted by molar-refractivity contribution is -0.142. The minimum Gasteiger partial charge on any atom is -0.455 e. The van der Waals surface area contributed by atoms with Gasteiger partial charge in [0.15, 0.2) is 0 Å². The highest BCUT2D eigenvalue weighted by molar-refractivity contribution is 7.89. The lowest BCUT2D eigenvalue weighted by Gasteiger charge is -2.26. The van der Waals surface area contributed by atoms with Crippen LogP contribution in [-0.2, 0) is 24.3 Å². The zero-order chi connectivity index (χ0) is 20.0. The molecule has 0 bridgehead atoms. The summed E-state index contributed by atoms with van der Waals surface area (Å²) >= 11 is 0. The molecule has 1 aliphatic heterocycles. The Labute approximate surface area is 165 Å². The third-order valence-corrected chi connectivity index (χ3v) is 6.37. The number of rotatable bonds is 6. The van der Waals surface area contributed by atoms with Gasteiger partial charge in [0.25, 0.3) is 0 Å². The van der Waals surface area contributed by atoms with Crippen LogP contribution >= 0.6 is 0 Å². The van der Waals surface area contributed by atoms with E-state index in [0.717, 1.165) is 5.56 Å². The molecule has 1 heterocycles. The molecule has 1 atom stereocenters. The molecular formula is C21H23NO5S. The first-order valence-electron chi connectivity index (χ1n) is 9.08. The van der Waals surface area contributed by atoms with E-state index in [1.54, 1.807) is 30.3 Å². The van der Waals surface area contributed by atoms with Crippen molar-refractivity contribution in [3.05, 3.63) is 71.8 Å². The highest BCUT2D eigenvalue weighted by Crippen LogP contribution is 2.19. The van der Waals surface area contributed by atoms with Crippen LogP contribution in [0.25, 0.3) is 6.08 Å². The van der Waals surface area contributed by atoms with Crippen LogP contribution in [0.3, 0.4) is 0 Å². The van der Waals surface area contributed by atoms with E-state index >= 15 is 0 Å². The Morgan fingerprint density at radius 3 is 2.36 bits per heavy atom. The topological polar surface area (TPSA) is 72.9 Å². The van der Waals surface area contributed by atoms with Gasteiger partial charge in [-0.2, -0.15) is 4.31 Å². The second-order valence-corrected chi connectivity index (χ2v) is 8.35. The lowest BCUT2D eigenvalue weighted by Crippen LogP contribution is -2.40. The first kappa shape index (κ1) is 20.3. The summed E-state index contributed by atoms with van der Waals surface area (Å²) in [5.41, 5.74) is 1.63. The molecule has 0 amide bonds. The number of esters is 1. The second kappa shape index (κ2) is 9.14. The van der Waals surface area contributed by atoms with E-state index < -0.39 is 16.0 Å². The van der Waals surface area contributed by atoms with E-state index in [0.29, 0.717) is 31.9 Å². The molecule has 7 heteroatoms. The van der Waals surface area contributed by atoms with Gasteiger partial charge in [0.1, 0.15) is 6.10 Å². The van der Waals surface area contributed by atoms with Crippen molar-refractivity contribution >= 4 is 22.1 Å². The molecule has 0 aliphatic carbocycles. The average Bonchev–Trinajstić information content (AvgIpc) is 2.74. The predicted octanol–water partition coefficient (Wildman–Crippen LogP) is 3.03. The van der Waals surface area contributed by atoms with Gasteiger partial charge in [-0.25, -0.2) is 13.2 Å². The summed E-state index contributed by atoms with van der Waals surface area (Å²) in [5, 5.41) is 0. The Hall–Kier alpha value is -2.48. The summed E-state index contributed by atoms with van der Waals surface area (Å²) in [6, 6.07) is 15.9. The minimum absolute atomic E-state index is 0.229. The average molecular weight is 401 g/mol. The van der Waals surface area contributed by atoms with Crippen molar-refractivity contribution in [2.24, 2.45) is 0 Å². The number of benzene rings is 2. The van der Waals surface area contributed by atoms with Crippen LogP contribution in [0.1, 0.15) is 24.2 Å². The number of sulfonamides is 1. The first-order chi connectivity index (χ1) is 13.5. The third kappa shape index (κ3) is 5.07. The molecule has 0 saturated carbocycles. The Morgan fingerprint density at radius 1 is 1.07 bits per heavy atom. The molecule has 3 rings (SSSR count). The smallest absolute Gasteiger partial charge is 0.331 e. The van der Waals surface area contributed by atoms with Gasteiger partial charge in [0, 0.05) is 19.2 Å². The molecular weight excluding hydrogens is 378 g/mol. The number of carbonyl (C=O) groups excluding carboxylic acids is 1. The summed E-state index contributed by atoms with van der Waals surface area (Å²) in [6.07, 6.45) is 2.59. The Bertz CT molecular complexity index is 917. The largest absolute Gasteiger partial charge is 0.455 e. The van der Waals surface area contributed by atoms with Gasteiger partial charge in [0.05, 0.1) is 18.1 Å². The van der Waals surface area contributed by atoms with Crippen molar-refractivity contribution in [3.63, 3.8) is 0 Å². The minimum atomic E-state index is -3.52. The fraction of sp³-hybridized carbons (Fsp3) is 0.286. The standard InChI is InChI=1S/C21H23NO5S/c1-17(19-5-3-2-4-6-19)27-21(23)12-9-18-7-10-20(11-8-18)28(24,25)22-13-15-26-16-14-22/h2-12,17H,13-16H2,1H3/b12-9+/t17-/m0/s1. The van der Waals surface area contributed by atoms with Gasteiger partial charge in [0.2, 0.25) is 10.0 Å². The van der Waals surface area contributed by atoms with E-state index in [-0.39, 0.29) is 11.0 Å². The van der Waals surface area contributed by atoms with E-state index in [1.165, 1.54) is 10.4 Å². The zero-order valence-corrected chi connectivity index (χ0v) is 16.5. The molecule has 0 N–H and O–H groups in total. The van der Waals surface area contributed by atoms with Crippen molar-refractivity contribution < 1.29 is 22.7 Å². The maximum absolute atomic E-state index is 12.6. The molecule has 6 nitrogen and oxygen atoms in total. The van der Waals surface area contributed by atoms with Gasteiger partial charge in [-0.3, -0.25) is 0 Å². The van der Waals surface area contributed by atoms with Crippen LogP contribution in [0.4, 0.5) is 0 Å². The molecule has 1 aliphatic rings. The van der Waals surface area contributed by atoms with Gasteiger partial charge >= 0.3 is 5.97 Å². The Kier molecular flexibility index (Phi) is 6.61. The Balaban J connectivity index is 1.61. The fourth-order valence-corrected chi connectivity index (χ4v) is 4.26. The Morgan fingerprint density at radius 2 is 1.71 bits per heavy atom. The molecule has 0 radical (unpaired) electrons. The van der Waals surface area contributed by atoms with Gasteiger partial charge in [-0.15, -0.1) is 0 Å². The van der Waals surface area contributed by atoms with Gasteiger partial charge in [-0.1, -0.05) is 42.5 Å². The van der Waals surface area contributed by atoms with Crippen molar-refractivity contribution in [1.82, 2.24) is 4.31 Å². The molecule has 2 aromatic rings. The molecule has 0 spiro atoms. The SMILES string of the molecule is C[C@H](OC(=O)/C=C/c1ccc(S(=O)(=O)N2CCOCC2)cc1)c1ccccc1. The summed E-state index contributed by atoms with van der Waals surface area (Å²) < 4.78 is 37.2. The van der Waals surface area contributed by atoms with Crippen LogP contribution in [0.5, 0.6) is 0 Å². The van der Waals surface area contributed by atoms with Crippen molar-refractivity contribution in [2.45, 2.75) is 17.9 Å². The maximum atomic E-state index is 12.6. The van der Waals surface area contributed by atoms with Crippen LogP contribution < -0.4 is 0 Å². The number of ether oxygens (including phenoxy) is 2. The summed E-state index contributed by atoms with van der Waals surface area (Å²) in [7, 11) is -3.52. The highest BCUT2D eigenvalue weighted by atomic mass is 32.2. The van der Waals surface area contributed by atoms with E-state index in [9.17, 15) is 13.2 Å². The number of nitrogens with zero attached hydrogens (tertiary/aromatic N) is 1. The normalized spacial score (nSPS) is 16.8. The van der Waals surface area contributed by atoms with E-state index in [1.807, 2.05) is 37.3 Å². The van der Waals surface area contributed by atoms with E-state index in [4.69, 9.17) is 9.47 Å². The van der Waals surface area contributed by atoms with Crippen LogP contribution in [-0.4, -0.2) is 45.0 Å². The van der Waals surface area contributed by atoms with Crippen molar-refractivity contribution in [2.75, 3.05) is 26.3 Å². The van der Waals surface area contributed by atoms with Gasteiger partial charge in [-0.05, 0) is 36.3 Å². The predicted molar refractivity (Wildman–Crippen MR) is 106 cm³/mol. The zero-order valence-electron chi connectivity index (χ0n) is 15.7. The van der Waals surface area contributed by atoms with E-state index in [2.05, 4.69) is 0 Å². The summed E-state index contributed by atoms with van der Waals surface area (Å²) in [5.74, 6) is -0.457. The fourth-order valence-electron chi connectivity index (χ4n) is 2.86. The molecule has 148 valence electrons. The number of morpholine rings is 1. The third-order valence-electron chi connectivity index (χ3n) is 4.46. The van der Waals surface area contributed by atoms with Crippen molar-refractivity contribution in [1.29, 1.82) is 0 Å². The van der Waals surface area contributed by atoms with Crippen LogP contribution in [0.2, 0.25) is 0 Å². The molecule has 0 aromatic heterocycles. The quantitative estimate of drug-likeness (QED) is 0.550. The monoisotopic (exact) mass is 401 g/mol. The first-order valence-corrected chi connectivity index (χ1v) is 10.5.